The van der Waals surface area contributed by atoms with Crippen molar-refractivity contribution in [2.24, 2.45) is 0 Å². The summed E-state index contributed by atoms with van der Waals surface area (Å²) in [6, 6.07) is 25.0. The molecule has 0 unspecified atom stereocenters. The molecule has 0 fully saturated rings. The number of unbranched alkanes of at least 4 members (excludes halogenated alkanes) is 54. The van der Waals surface area contributed by atoms with Crippen molar-refractivity contribution in [1.82, 2.24) is 20.4 Å². The van der Waals surface area contributed by atoms with Crippen molar-refractivity contribution in [2.45, 2.75) is 427 Å². The van der Waals surface area contributed by atoms with Gasteiger partial charge < -0.3 is 37.3 Å². The number of fused-ring (bicyclic) bond motifs is 2. The standard InChI is InChI=1S/C102H162N4O8/c1-7-13-19-25-31-37-43-49-55-65-75-107-91-81-85(82-92(108-76-66-56-50-44-38-32-26-20-14-8-2)97(91)111-79-69-59-53-47-41-35-29-23-17-11-5)99-103-105-101(113-99)95-87-71-61-63-73-89(87)96(90-74-64-62-72-88(90)95)102-106-104-100(114-102)86-83-93(109-77-67-57-51-45-39-33-27-21-15-9-3)98(112-80-70-60-54-48-42-36-30-24-18-12-6)94(84-86)110-78-68-58-52-46-40-34-28-22-16-10-4/h61-64,71-74,81-84H,7-60,65-70,75-80H2,1-6H3. The number of hydrogen-bond donors (Lipinski definition) is 0. The molecule has 0 spiro atoms. The van der Waals surface area contributed by atoms with Gasteiger partial charge in [0.15, 0.2) is 23.0 Å². The van der Waals surface area contributed by atoms with E-state index in [1.165, 1.54) is 308 Å². The molecule has 0 bridgehead atoms. The Morgan fingerprint density at radius 3 is 0.561 bits per heavy atom. The van der Waals surface area contributed by atoms with Gasteiger partial charge in [-0.25, -0.2) is 0 Å². The predicted octanol–water partition coefficient (Wildman–Crippen LogP) is 33.2. The molecule has 0 aliphatic heterocycles. The van der Waals surface area contributed by atoms with E-state index in [-0.39, 0.29) is 0 Å². The van der Waals surface area contributed by atoms with Crippen LogP contribution < -0.4 is 28.4 Å². The van der Waals surface area contributed by atoms with E-state index in [1.54, 1.807) is 0 Å². The zero-order valence-electron chi connectivity index (χ0n) is 73.7. The van der Waals surface area contributed by atoms with Gasteiger partial charge in [0.05, 0.1) is 50.8 Å². The number of benzene rings is 5. The van der Waals surface area contributed by atoms with Crippen LogP contribution >= 0.6 is 0 Å². The first-order valence-electron chi connectivity index (χ1n) is 48.3. The van der Waals surface area contributed by atoms with Gasteiger partial charge in [-0.1, -0.05) is 437 Å². The molecule has 12 nitrogen and oxygen atoms in total. The maximum atomic E-state index is 7.01. The molecule has 2 aromatic heterocycles. The van der Waals surface area contributed by atoms with Crippen LogP contribution in [0.15, 0.2) is 81.6 Å². The topological polar surface area (TPSA) is 133 Å². The molecular weight excluding hydrogens is 1410 g/mol. The summed E-state index contributed by atoms with van der Waals surface area (Å²) in [5.74, 6) is 5.58. The maximum Gasteiger partial charge on any atom is 0.249 e. The second-order valence-corrected chi connectivity index (χ2v) is 33.5. The molecule has 638 valence electrons. The fourth-order valence-corrected chi connectivity index (χ4v) is 16.2. The van der Waals surface area contributed by atoms with Crippen LogP contribution in [0.5, 0.6) is 34.5 Å². The summed E-state index contributed by atoms with van der Waals surface area (Å²) in [6.45, 7) is 17.3. The predicted molar refractivity (Wildman–Crippen MR) is 483 cm³/mol. The molecule has 0 aliphatic carbocycles. The molecule has 0 radical (unpaired) electrons. The van der Waals surface area contributed by atoms with Gasteiger partial charge in [0, 0.05) is 11.1 Å². The van der Waals surface area contributed by atoms with E-state index >= 15 is 0 Å². The summed E-state index contributed by atoms with van der Waals surface area (Å²) in [4.78, 5) is 0. The molecule has 12 heteroatoms. The van der Waals surface area contributed by atoms with Gasteiger partial charge in [0.1, 0.15) is 0 Å². The van der Waals surface area contributed by atoms with E-state index in [1.807, 2.05) is 24.3 Å². The van der Waals surface area contributed by atoms with E-state index in [0.717, 1.165) is 121 Å². The van der Waals surface area contributed by atoms with E-state index in [0.29, 0.717) is 97.7 Å². The lowest BCUT2D eigenvalue weighted by atomic mass is 9.91. The lowest BCUT2D eigenvalue weighted by Gasteiger charge is -2.18. The minimum atomic E-state index is 0.381. The highest BCUT2D eigenvalue weighted by atomic mass is 16.5. The minimum Gasteiger partial charge on any atom is -0.490 e. The average molecular weight is 1570 g/mol. The molecule has 7 aromatic rings. The summed E-state index contributed by atoms with van der Waals surface area (Å²) in [7, 11) is 0. The Kier molecular flexibility index (Phi) is 52.3. The van der Waals surface area contributed by atoms with Crippen molar-refractivity contribution < 1.29 is 37.3 Å². The Morgan fingerprint density at radius 2 is 0.368 bits per heavy atom. The Balaban J connectivity index is 1.18. The van der Waals surface area contributed by atoms with Crippen molar-refractivity contribution in [1.29, 1.82) is 0 Å². The summed E-state index contributed by atoms with van der Waals surface area (Å²) in [5.41, 5.74) is 3.12. The van der Waals surface area contributed by atoms with Crippen molar-refractivity contribution in [3.05, 3.63) is 72.8 Å². The monoisotopic (exact) mass is 1570 g/mol. The van der Waals surface area contributed by atoms with Gasteiger partial charge in [-0.2, -0.15) is 0 Å². The summed E-state index contributed by atoms with van der Waals surface area (Å²) in [6.07, 6.45) is 75.5. The van der Waals surface area contributed by atoms with Crippen LogP contribution in [0.3, 0.4) is 0 Å². The smallest absolute Gasteiger partial charge is 0.249 e. The van der Waals surface area contributed by atoms with Crippen LogP contribution in [-0.2, 0) is 0 Å². The maximum absolute atomic E-state index is 7.01. The molecular formula is C102H162N4O8. The first-order valence-corrected chi connectivity index (χ1v) is 48.3. The van der Waals surface area contributed by atoms with Crippen molar-refractivity contribution in [2.75, 3.05) is 39.6 Å². The van der Waals surface area contributed by atoms with E-state index in [2.05, 4.69) is 90.1 Å². The van der Waals surface area contributed by atoms with Crippen molar-refractivity contribution >= 4 is 21.5 Å². The van der Waals surface area contributed by atoms with E-state index in [9.17, 15) is 0 Å². The lowest BCUT2D eigenvalue weighted by Crippen LogP contribution is -2.07. The first kappa shape index (κ1) is 94.8. The normalized spacial score (nSPS) is 11.6. The highest BCUT2D eigenvalue weighted by Gasteiger charge is 2.27. The molecule has 2 heterocycles. The molecule has 0 N–H and O–H groups in total. The second kappa shape index (κ2) is 62.9. The number of rotatable bonds is 76. The van der Waals surface area contributed by atoms with Crippen LogP contribution in [0.4, 0.5) is 0 Å². The highest BCUT2D eigenvalue weighted by molar-refractivity contribution is 6.19. The first-order chi connectivity index (χ1) is 56.5. The molecule has 5 aromatic carbocycles. The largest absolute Gasteiger partial charge is 0.490 e. The van der Waals surface area contributed by atoms with Gasteiger partial charge in [0.2, 0.25) is 35.1 Å². The second-order valence-electron chi connectivity index (χ2n) is 33.5. The number of ether oxygens (including phenoxy) is 6. The molecule has 0 saturated heterocycles. The zero-order chi connectivity index (χ0) is 80.0. The van der Waals surface area contributed by atoms with Crippen LogP contribution in [0.1, 0.15) is 427 Å². The van der Waals surface area contributed by atoms with Gasteiger partial charge in [-0.05, 0) is 84.3 Å². The number of aromatic nitrogens is 4. The number of hydrogen-bond acceptors (Lipinski definition) is 12. The summed E-state index contributed by atoms with van der Waals surface area (Å²) >= 11 is 0. The van der Waals surface area contributed by atoms with Gasteiger partial charge in [-0.3, -0.25) is 0 Å². The lowest BCUT2D eigenvalue weighted by molar-refractivity contribution is 0.234. The average Bonchev–Trinajstić information content (AvgIpc) is 1.56. The SMILES string of the molecule is CCCCCCCCCCCCOc1cc(-c2nnc(-c3c4ccccc4c(-c4nnc(-c5cc(OCCCCCCCCCCCC)c(OCCCCCCCCCCCC)c(OCCCCCCCCCCCC)c5)o4)c4ccccc34)o2)cc(OCCCCCCCCCCCC)c1OCCCCCCCCCCCC. The molecule has 7 rings (SSSR count). The van der Waals surface area contributed by atoms with Crippen molar-refractivity contribution in [3.8, 4) is 80.3 Å². The minimum absolute atomic E-state index is 0.381. The van der Waals surface area contributed by atoms with E-state index < -0.39 is 0 Å². The van der Waals surface area contributed by atoms with Gasteiger partial charge in [-0.15, -0.1) is 20.4 Å². The van der Waals surface area contributed by atoms with E-state index in [4.69, 9.17) is 57.7 Å². The molecule has 0 saturated carbocycles. The van der Waals surface area contributed by atoms with Crippen LogP contribution in [0, 0.1) is 0 Å². The number of nitrogens with zero attached hydrogens (tertiary/aromatic N) is 4. The van der Waals surface area contributed by atoms with Gasteiger partial charge in [0.25, 0.3) is 0 Å². The fraction of sp³-hybridized carbons (Fsp3) is 0.706. The Morgan fingerprint density at radius 1 is 0.202 bits per heavy atom. The quantitative estimate of drug-likeness (QED) is 0.0265. The molecule has 0 atom stereocenters. The Bertz CT molecular complexity index is 3130. The summed E-state index contributed by atoms with van der Waals surface area (Å²) < 4.78 is 55.2. The Hall–Kier alpha value is -6.30. The third-order valence-corrected chi connectivity index (χ3v) is 23.3. The third-order valence-electron chi connectivity index (χ3n) is 23.3. The highest BCUT2D eigenvalue weighted by Crippen LogP contribution is 2.48. The Labute approximate surface area is 694 Å². The molecule has 114 heavy (non-hydrogen) atoms. The molecule has 0 amide bonds. The van der Waals surface area contributed by atoms with Gasteiger partial charge >= 0.3 is 0 Å². The van der Waals surface area contributed by atoms with Crippen LogP contribution in [0.2, 0.25) is 0 Å². The third kappa shape index (κ3) is 37.5. The zero-order valence-corrected chi connectivity index (χ0v) is 73.7. The molecule has 0 aliphatic rings. The summed E-state index contributed by atoms with van der Waals surface area (Å²) in [5, 5.41) is 23.3. The van der Waals surface area contributed by atoms with Crippen LogP contribution in [-0.4, -0.2) is 60.0 Å². The van der Waals surface area contributed by atoms with Crippen molar-refractivity contribution in [3.63, 3.8) is 0 Å². The fourth-order valence-electron chi connectivity index (χ4n) is 16.2. The van der Waals surface area contributed by atoms with Crippen LogP contribution in [0.25, 0.3) is 67.4 Å².